The van der Waals surface area contributed by atoms with Crippen LogP contribution in [0.1, 0.15) is 29.5 Å². The summed E-state index contributed by atoms with van der Waals surface area (Å²) in [5.74, 6) is -0.957. The third-order valence-electron chi connectivity index (χ3n) is 3.98. The average Bonchev–Trinajstić information content (AvgIpc) is 2.53. The molecule has 0 aliphatic heterocycles. The van der Waals surface area contributed by atoms with Crippen molar-refractivity contribution in [3.05, 3.63) is 53.5 Å². The molecule has 0 bridgehead atoms. The summed E-state index contributed by atoms with van der Waals surface area (Å²) >= 11 is 0. The van der Waals surface area contributed by atoms with Gasteiger partial charge in [0.1, 0.15) is 0 Å². The molecule has 0 fully saturated rings. The molecule has 0 saturated heterocycles. The first-order chi connectivity index (χ1) is 10.7. The monoisotopic (exact) mass is 326 g/mol. The van der Waals surface area contributed by atoms with Crippen LogP contribution in [0, 0.1) is 6.92 Å². The fraction of sp³-hybridized carbons (Fsp3) is 0.375. The molecule has 0 aromatic carbocycles. The van der Waals surface area contributed by atoms with E-state index in [9.17, 15) is 18.3 Å². The maximum Gasteiger partial charge on any atom is 0.422 e. The highest BCUT2D eigenvalue weighted by atomic mass is 19.4. The molecule has 0 unspecified atom stereocenters. The van der Waals surface area contributed by atoms with Crippen molar-refractivity contribution in [2.75, 3.05) is 7.11 Å². The van der Waals surface area contributed by atoms with Gasteiger partial charge in [0.05, 0.1) is 7.11 Å². The van der Waals surface area contributed by atoms with Crippen LogP contribution in [0.2, 0.25) is 0 Å². The van der Waals surface area contributed by atoms with Gasteiger partial charge in [-0.2, -0.15) is 13.2 Å². The summed E-state index contributed by atoms with van der Waals surface area (Å²) < 4.78 is 46.0. The molecule has 0 aliphatic rings. The Bertz CT molecular complexity index is 677. The molecule has 2 rings (SSSR count). The highest BCUT2D eigenvalue weighted by Gasteiger charge is 2.58. The summed E-state index contributed by atoms with van der Waals surface area (Å²) in [5.41, 5.74) is -2.46. The van der Waals surface area contributed by atoms with Crippen LogP contribution in [0.25, 0.3) is 0 Å². The van der Waals surface area contributed by atoms with Crippen molar-refractivity contribution in [3.8, 4) is 5.88 Å². The summed E-state index contributed by atoms with van der Waals surface area (Å²) in [7, 11) is 1.42. The van der Waals surface area contributed by atoms with Crippen molar-refractivity contribution in [2.24, 2.45) is 0 Å². The molecule has 2 heterocycles. The first-order valence-electron chi connectivity index (χ1n) is 6.92. The van der Waals surface area contributed by atoms with E-state index in [4.69, 9.17) is 4.74 Å². The van der Waals surface area contributed by atoms with E-state index in [0.717, 1.165) is 12.1 Å². The van der Waals surface area contributed by atoms with E-state index in [0.29, 0.717) is 17.0 Å². The van der Waals surface area contributed by atoms with E-state index < -0.39 is 17.7 Å². The van der Waals surface area contributed by atoms with E-state index in [1.807, 2.05) is 0 Å². The Morgan fingerprint density at radius 1 is 1.22 bits per heavy atom. The Hall–Kier alpha value is -2.15. The smallest absolute Gasteiger partial charge is 0.422 e. The Kier molecular flexibility index (Phi) is 4.61. The van der Waals surface area contributed by atoms with Crippen LogP contribution >= 0.6 is 0 Å². The lowest BCUT2D eigenvalue weighted by Gasteiger charge is -2.37. The quantitative estimate of drug-likeness (QED) is 0.936. The van der Waals surface area contributed by atoms with Crippen LogP contribution in [0.15, 0.2) is 36.8 Å². The van der Waals surface area contributed by atoms with E-state index in [2.05, 4.69) is 9.97 Å². The maximum atomic E-state index is 13.7. The molecule has 2 aromatic rings. The number of halogens is 3. The van der Waals surface area contributed by atoms with Crippen molar-refractivity contribution < 1.29 is 23.0 Å². The van der Waals surface area contributed by atoms with E-state index in [1.54, 1.807) is 6.92 Å². The molecule has 2 atom stereocenters. The first kappa shape index (κ1) is 17.2. The Labute approximate surface area is 132 Å². The van der Waals surface area contributed by atoms with Gasteiger partial charge in [-0.25, -0.2) is 4.98 Å². The predicted octanol–water partition coefficient (Wildman–Crippen LogP) is 3.35. The number of pyridine rings is 2. The number of methoxy groups -OCH3 is 1. The van der Waals surface area contributed by atoms with Crippen molar-refractivity contribution in [1.29, 1.82) is 0 Å². The van der Waals surface area contributed by atoms with E-state index in [-0.39, 0.29) is 5.56 Å². The second kappa shape index (κ2) is 6.16. The van der Waals surface area contributed by atoms with Crippen molar-refractivity contribution in [3.63, 3.8) is 0 Å². The summed E-state index contributed by atoms with van der Waals surface area (Å²) in [6.07, 6.45) is -1.12. The second-order valence-corrected chi connectivity index (χ2v) is 5.30. The van der Waals surface area contributed by atoms with Crippen LogP contribution < -0.4 is 4.74 Å². The van der Waals surface area contributed by atoms with E-state index in [1.165, 1.54) is 38.7 Å². The van der Waals surface area contributed by atoms with Crippen LogP contribution in [0.3, 0.4) is 0 Å². The van der Waals surface area contributed by atoms with Crippen LogP contribution in [0.4, 0.5) is 13.2 Å². The molecule has 1 N–H and O–H groups in total. The lowest BCUT2D eigenvalue weighted by atomic mass is 9.77. The number of ether oxygens (including phenoxy) is 1. The largest absolute Gasteiger partial charge is 0.481 e. The topological polar surface area (TPSA) is 55.2 Å². The van der Waals surface area contributed by atoms with Crippen LogP contribution in [-0.2, 0) is 5.60 Å². The summed E-state index contributed by atoms with van der Waals surface area (Å²) in [4.78, 5) is 7.66. The van der Waals surface area contributed by atoms with Crippen LogP contribution in [0.5, 0.6) is 5.88 Å². The molecule has 0 radical (unpaired) electrons. The number of hydrogen-bond donors (Lipinski definition) is 1. The predicted molar refractivity (Wildman–Crippen MR) is 78.1 cm³/mol. The SMILES string of the molecule is COc1cc(C)c([C@@H](C)[C@](O)(c2ccncc2)C(F)(F)F)cn1. The van der Waals surface area contributed by atoms with Gasteiger partial charge in [0.2, 0.25) is 5.88 Å². The fourth-order valence-electron chi connectivity index (χ4n) is 2.60. The molecule has 0 amide bonds. The molecule has 0 saturated carbocycles. The van der Waals surface area contributed by atoms with Gasteiger partial charge in [0.25, 0.3) is 0 Å². The number of rotatable bonds is 4. The molecule has 2 aromatic heterocycles. The standard InChI is InChI=1S/C16H17F3N2O2/c1-10-8-14(23-3)21-9-13(10)11(2)15(22,16(17,18)19)12-4-6-20-7-5-12/h4-9,11,22H,1-3H3/t11-,15+/m1/s1. The highest BCUT2D eigenvalue weighted by Crippen LogP contribution is 2.48. The fourth-order valence-corrected chi connectivity index (χ4v) is 2.60. The highest BCUT2D eigenvalue weighted by molar-refractivity contribution is 5.36. The Morgan fingerprint density at radius 2 is 1.83 bits per heavy atom. The molecule has 0 aliphatic carbocycles. The van der Waals surface area contributed by atoms with Gasteiger partial charge in [0.15, 0.2) is 5.60 Å². The molecule has 4 nitrogen and oxygen atoms in total. The minimum atomic E-state index is -4.86. The van der Waals surface area contributed by atoms with Gasteiger partial charge >= 0.3 is 6.18 Å². The van der Waals surface area contributed by atoms with Crippen molar-refractivity contribution in [1.82, 2.24) is 9.97 Å². The molecule has 124 valence electrons. The van der Waals surface area contributed by atoms with Crippen molar-refractivity contribution >= 4 is 0 Å². The summed E-state index contributed by atoms with van der Waals surface area (Å²) in [6.45, 7) is 2.98. The molecule has 7 heteroatoms. The zero-order chi connectivity index (χ0) is 17.3. The van der Waals surface area contributed by atoms with Gasteiger partial charge < -0.3 is 9.84 Å². The maximum absolute atomic E-state index is 13.7. The lowest BCUT2D eigenvalue weighted by molar-refractivity contribution is -0.274. The Balaban J connectivity index is 2.57. The number of aryl methyl sites for hydroxylation is 1. The number of nitrogens with zero attached hydrogens (tertiary/aromatic N) is 2. The van der Waals surface area contributed by atoms with Gasteiger partial charge in [-0.1, -0.05) is 6.92 Å². The number of hydrogen-bond acceptors (Lipinski definition) is 4. The molecular formula is C16H17F3N2O2. The van der Waals surface area contributed by atoms with Crippen LogP contribution in [-0.4, -0.2) is 28.4 Å². The second-order valence-electron chi connectivity index (χ2n) is 5.30. The third kappa shape index (κ3) is 3.01. The van der Waals surface area contributed by atoms with Gasteiger partial charge in [-0.3, -0.25) is 4.98 Å². The zero-order valence-corrected chi connectivity index (χ0v) is 12.9. The zero-order valence-electron chi connectivity index (χ0n) is 12.9. The van der Waals surface area contributed by atoms with Crippen molar-refractivity contribution in [2.45, 2.75) is 31.5 Å². The number of aliphatic hydroxyl groups is 1. The lowest BCUT2D eigenvalue weighted by Crippen LogP contribution is -2.46. The first-order valence-corrected chi connectivity index (χ1v) is 6.92. The molecular weight excluding hydrogens is 309 g/mol. The minimum Gasteiger partial charge on any atom is -0.481 e. The number of aromatic nitrogens is 2. The number of alkyl halides is 3. The minimum absolute atomic E-state index is 0.261. The molecule has 23 heavy (non-hydrogen) atoms. The average molecular weight is 326 g/mol. The van der Waals surface area contributed by atoms with Gasteiger partial charge in [0, 0.05) is 30.6 Å². The normalized spacial score (nSPS) is 15.8. The van der Waals surface area contributed by atoms with Gasteiger partial charge in [-0.15, -0.1) is 0 Å². The molecule has 0 spiro atoms. The van der Waals surface area contributed by atoms with Gasteiger partial charge in [-0.05, 0) is 35.7 Å². The summed E-state index contributed by atoms with van der Waals surface area (Å²) in [6, 6.07) is 3.86. The van der Waals surface area contributed by atoms with E-state index >= 15 is 0 Å². The third-order valence-corrected chi connectivity index (χ3v) is 3.98. The Morgan fingerprint density at radius 3 is 2.30 bits per heavy atom. The summed E-state index contributed by atoms with van der Waals surface area (Å²) in [5, 5.41) is 10.6.